The number of nitrogens with one attached hydrogen (secondary N) is 1. The lowest BCUT2D eigenvalue weighted by molar-refractivity contribution is 0.0527. The minimum Gasteiger partial charge on any atom is -0.462 e. The summed E-state index contributed by atoms with van der Waals surface area (Å²) >= 11 is 0. The van der Waals surface area contributed by atoms with Gasteiger partial charge < -0.3 is 20.5 Å². The third-order valence-electron chi connectivity index (χ3n) is 2.88. The largest absolute Gasteiger partial charge is 0.462 e. The maximum Gasteiger partial charge on any atom is 0.341 e. The van der Waals surface area contributed by atoms with Crippen LogP contribution in [-0.4, -0.2) is 37.3 Å². The molecular weight excluding hydrogens is 258 g/mol. The summed E-state index contributed by atoms with van der Waals surface area (Å²) in [5, 5.41) is 3.22. The van der Waals surface area contributed by atoms with Crippen molar-refractivity contribution in [1.29, 1.82) is 0 Å². The number of carbonyl (C=O) groups is 1. The number of esters is 1. The van der Waals surface area contributed by atoms with Gasteiger partial charge in [0.1, 0.15) is 11.4 Å². The molecule has 0 amide bonds. The third-order valence-corrected chi connectivity index (χ3v) is 2.88. The van der Waals surface area contributed by atoms with Crippen molar-refractivity contribution in [2.75, 3.05) is 31.4 Å². The Morgan fingerprint density at radius 2 is 2.20 bits per heavy atom. The van der Waals surface area contributed by atoms with Crippen LogP contribution in [0.1, 0.15) is 31.1 Å². The van der Waals surface area contributed by atoms with Gasteiger partial charge in [-0.2, -0.15) is 0 Å². The average molecular weight is 281 g/mol. The van der Waals surface area contributed by atoms with Crippen molar-refractivity contribution in [3.8, 4) is 0 Å². The van der Waals surface area contributed by atoms with Gasteiger partial charge in [-0.25, -0.2) is 9.78 Å². The molecule has 0 saturated carbocycles. The summed E-state index contributed by atoms with van der Waals surface area (Å²) in [7, 11) is 1.64. The molecular formula is C14H23N3O3. The van der Waals surface area contributed by atoms with Gasteiger partial charge in [0, 0.05) is 7.11 Å². The molecule has 0 spiro atoms. The maximum absolute atomic E-state index is 11.9. The molecule has 112 valence electrons. The lowest BCUT2D eigenvalue weighted by Crippen LogP contribution is -2.31. The summed E-state index contributed by atoms with van der Waals surface area (Å²) in [4.78, 5) is 16.1. The fraction of sp³-hybridized carbons (Fsp3) is 0.571. The average Bonchev–Trinajstić information content (AvgIpc) is 2.40. The molecule has 20 heavy (non-hydrogen) atoms. The Labute approximate surface area is 119 Å². The van der Waals surface area contributed by atoms with Gasteiger partial charge in [-0.1, -0.05) is 13.8 Å². The van der Waals surface area contributed by atoms with Gasteiger partial charge in [-0.3, -0.25) is 0 Å². The summed E-state index contributed by atoms with van der Waals surface area (Å²) < 4.78 is 10.2. The van der Waals surface area contributed by atoms with Crippen molar-refractivity contribution in [2.24, 2.45) is 5.92 Å². The van der Waals surface area contributed by atoms with Gasteiger partial charge in [0.25, 0.3) is 0 Å². The Morgan fingerprint density at radius 1 is 1.50 bits per heavy atom. The quantitative estimate of drug-likeness (QED) is 0.743. The minimum atomic E-state index is -0.435. The lowest BCUT2D eigenvalue weighted by Gasteiger charge is -2.23. The summed E-state index contributed by atoms with van der Waals surface area (Å²) in [6, 6.07) is 1.61. The van der Waals surface area contributed by atoms with E-state index in [-0.39, 0.29) is 6.04 Å². The summed E-state index contributed by atoms with van der Waals surface area (Å²) in [6.07, 6.45) is 1.51. The molecule has 0 fully saturated rings. The molecule has 0 saturated heterocycles. The molecule has 0 aromatic carbocycles. The van der Waals surface area contributed by atoms with Crippen LogP contribution in [0, 0.1) is 5.92 Å². The van der Waals surface area contributed by atoms with E-state index in [9.17, 15) is 4.79 Å². The van der Waals surface area contributed by atoms with Crippen LogP contribution in [0.15, 0.2) is 12.3 Å². The summed E-state index contributed by atoms with van der Waals surface area (Å²) in [5.74, 6) is 0.354. The summed E-state index contributed by atoms with van der Waals surface area (Å²) in [5.41, 5.74) is 6.45. The molecule has 1 unspecified atom stereocenters. The normalized spacial score (nSPS) is 12.2. The Bertz CT molecular complexity index is 449. The number of anilines is 2. The smallest absolute Gasteiger partial charge is 0.341 e. The third kappa shape index (κ3) is 4.38. The molecule has 1 aromatic heterocycles. The molecule has 0 bridgehead atoms. The van der Waals surface area contributed by atoms with Crippen molar-refractivity contribution in [3.05, 3.63) is 17.8 Å². The van der Waals surface area contributed by atoms with E-state index in [2.05, 4.69) is 24.1 Å². The van der Waals surface area contributed by atoms with Crippen molar-refractivity contribution in [2.45, 2.75) is 26.8 Å². The number of nitrogen functional groups attached to an aromatic ring is 1. The van der Waals surface area contributed by atoms with Crippen LogP contribution in [0.2, 0.25) is 0 Å². The predicted octanol–water partition coefficient (Wildman–Crippen LogP) is 1.92. The van der Waals surface area contributed by atoms with Crippen molar-refractivity contribution in [3.63, 3.8) is 0 Å². The number of ether oxygens (including phenoxy) is 2. The van der Waals surface area contributed by atoms with Gasteiger partial charge in [0.2, 0.25) is 0 Å². The van der Waals surface area contributed by atoms with Crippen LogP contribution in [0.3, 0.4) is 0 Å². The Balaban J connectivity index is 3.01. The highest BCUT2D eigenvalue weighted by Crippen LogP contribution is 2.19. The van der Waals surface area contributed by atoms with E-state index < -0.39 is 5.97 Å². The zero-order chi connectivity index (χ0) is 15.1. The van der Waals surface area contributed by atoms with Crippen molar-refractivity contribution < 1.29 is 14.3 Å². The van der Waals surface area contributed by atoms with Gasteiger partial charge in [-0.15, -0.1) is 0 Å². The zero-order valence-corrected chi connectivity index (χ0v) is 12.5. The van der Waals surface area contributed by atoms with Gasteiger partial charge >= 0.3 is 5.97 Å². The van der Waals surface area contributed by atoms with Crippen LogP contribution < -0.4 is 11.1 Å². The minimum absolute atomic E-state index is 0.0456. The summed E-state index contributed by atoms with van der Waals surface area (Å²) in [6.45, 7) is 6.72. The van der Waals surface area contributed by atoms with Crippen molar-refractivity contribution >= 4 is 17.5 Å². The first kappa shape index (κ1) is 16.2. The van der Waals surface area contributed by atoms with E-state index in [1.165, 1.54) is 6.20 Å². The van der Waals surface area contributed by atoms with Crippen LogP contribution in [-0.2, 0) is 9.47 Å². The number of nitrogens with zero attached hydrogens (tertiary/aromatic N) is 1. The van der Waals surface area contributed by atoms with E-state index >= 15 is 0 Å². The number of hydrogen-bond acceptors (Lipinski definition) is 6. The Kier molecular flexibility index (Phi) is 6.24. The molecule has 6 heteroatoms. The maximum atomic E-state index is 11.9. The second-order valence-electron chi connectivity index (χ2n) is 4.84. The monoisotopic (exact) mass is 281 g/mol. The molecule has 0 aliphatic carbocycles. The molecule has 0 radical (unpaired) electrons. The van der Waals surface area contributed by atoms with Crippen LogP contribution in [0.4, 0.5) is 11.5 Å². The second kappa shape index (κ2) is 7.69. The number of pyridine rings is 1. The number of nitrogens with two attached hydrogens (primary N) is 1. The van der Waals surface area contributed by atoms with E-state index in [1.54, 1.807) is 20.1 Å². The fourth-order valence-corrected chi connectivity index (χ4v) is 1.72. The Morgan fingerprint density at radius 3 is 2.75 bits per heavy atom. The molecule has 3 N–H and O–H groups in total. The van der Waals surface area contributed by atoms with Crippen molar-refractivity contribution in [1.82, 2.24) is 4.98 Å². The van der Waals surface area contributed by atoms with E-state index in [4.69, 9.17) is 15.2 Å². The number of methoxy groups -OCH3 is 1. The first-order valence-corrected chi connectivity index (χ1v) is 6.67. The van der Waals surface area contributed by atoms with Gasteiger partial charge in [0.15, 0.2) is 0 Å². The predicted molar refractivity (Wildman–Crippen MR) is 78.7 cm³/mol. The van der Waals surface area contributed by atoms with E-state index in [0.29, 0.717) is 36.2 Å². The SMILES string of the molecule is CCOC(=O)c1cc(N)cnc1NC(COC)C(C)C. The van der Waals surface area contributed by atoms with Gasteiger partial charge in [0.05, 0.1) is 31.1 Å². The van der Waals surface area contributed by atoms with Gasteiger partial charge in [-0.05, 0) is 18.9 Å². The molecule has 1 atom stereocenters. The Hall–Kier alpha value is -1.82. The van der Waals surface area contributed by atoms with Crippen LogP contribution >= 0.6 is 0 Å². The lowest BCUT2D eigenvalue weighted by atomic mass is 10.1. The molecule has 6 nitrogen and oxygen atoms in total. The number of rotatable bonds is 7. The molecule has 0 aliphatic rings. The first-order chi connectivity index (χ1) is 9.49. The zero-order valence-electron chi connectivity index (χ0n) is 12.5. The topological polar surface area (TPSA) is 86.5 Å². The van der Waals surface area contributed by atoms with Crippen LogP contribution in [0.25, 0.3) is 0 Å². The highest BCUT2D eigenvalue weighted by molar-refractivity contribution is 5.95. The number of carbonyl (C=O) groups excluding carboxylic acids is 1. The first-order valence-electron chi connectivity index (χ1n) is 6.67. The fourth-order valence-electron chi connectivity index (χ4n) is 1.72. The van der Waals surface area contributed by atoms with E-state index in [1.807, 2.05) is 0 Å². The molecule has 1 heterocycles. The molecule has 1 rings (SSSR count). The second-order valence-corrected chi connectivity index (χ2v) is 4.84. The number of hydrogen-bond donors (Lipinski definition) is 2. The standard InChI is InChI=1S/C14H23N3O3/c1-5-20-14(18)11-6-10(15)7-16-13(11)17-12(8-19-4)9(2)3/h6-7,9,12H,5,8,15H2,1-4H3,(H,16,17). The molecule has 1 aromatic rings. The van der Waals surface area contributed by atoms with Crippen LogP contribution in [0.5, 0.6) is 0 Å². The molecule has 0 aliphatic heterocycles. The van der Waals surface area contributed by atoms with E-state index in [0.717, 1.165) is 0 Å². The highest BCUT2D eigenvalue weighted by Gasteiger charge is 2.19. The highest BCUT2D eigenvalue weighted by atomic mass is 16.5. The number of aromatic nitrogens is 1.